The van der Waals surface area contributed by atoms with Crippen LogP contribution in [-0.4, -0.2) is 43.4 Å². The van der Waals surface area contributed by atoms with Crippen LogP contribution in [0.2, 0.25) is 0 Å². The maximum atomic E-state index is 12.5. The van der Waals surface area contributed by atoms with Gasteiger partial charge in [-0.2, -0.15) is 0 Å². The summed E-state index contributed by atoms with van der Waals surface area (Å²) in [6.07, 6.45) is 4.64. The molecule has 3 heterocycles. The van der Waals surface area contributed by atoms with Gasteiger partial charge < -0.3 is 9.47 Å². The molecule has 0 bridgehead atoms. The molecule has 0 aliphatic carbocycles. The Morgan fingerprint density at radius 3 is 2.60 bits per heavy atom. The van der Waals surface area contributed by atoms with Crippen LogP contribution in [0.25, 0.3) is 11.0 Å². The first-order valence-electron chi connectivity index (χ1n) is 8.48. The zero-order valence-electron chi connectivity index (χ0n) is 14.7. The highest BCUT2D eigenvalue weighted by Crippen LogP contribution is 2.33. The number of hydrogen-bond acceptors (Lipinski definition) is 4. The monoisotopic (exact) mass is 335 g/mol. The minimum absolute atomic E-state index is 0.0612. The molecule has 6 heteroatoms. The lowest BCUT2D eigenvalue weighted by Gasteiger charge is -2.41. The molecule has 0 N–H and O–H groups in total. The number of rotatable bonds is 2. The Morgan fingerprint density at radius 1 is 1.16 bits per heavy atom. The van der Waals surface area contributed by atoms with Crippen LogP contribution < -0.4 is 0 Å². The van der Waals surface area contributed by atoms with Crippen molar-refractivity contribution in [1.29, 1.82) is 0 Å². The average Bonchev–Trinajstić information content (AvgIpc) is 2.94. The average molecular weight is 335 g/mol. The smallest absolute Gasteiger partial charge is 0.274 e. The van der Waals surface area contributed by atoms with Crippen molar-refractivity contribution in [3.63, 3.8) is 0 Å². The van der Waals surface area contributed by atoms with Crippen molar-refractivity contribution in [3.8, 4) is 0 Å². The lowest BCUT2D eigenvalue weighted by atomic mass is 9.94. The van der Waals surface area contributed by atoms with E-state index in [4.69, 9.17) is 4.98 Å². The SMILES string of the molecule is CC(C)(C)c1nc2ccccc2n1C1CN(C(=O)c2cnccn2)C1. The van der Waals surface area contributed by atoms with Gasteiger partial charge in [-0.1, -0.05) is 32.9 Å². The van der Waals surface area contributed by atoms with E-state index >= 15 is 0 Å². The second-order valence-corrected chi connectivity index (χ2v) is 7.50. The van der Waals surface area contributed by atoms with Crippen molar-refractivity contribution in [3.05, 3.63) is 54.4 Å². The van der Waals surface area contributed by atoms with E-state index in [0.29, 0.717) is 18.8 Å². The molecule has 0 atom stereocenters. The van der Waals surface area contributed by atoms with Crippen molar-refractivity contribution in [2.24, 2.45) is 0 Å². The number of nitrogens with zero attached hydrogens (tertiary/aromatic N) is 5. The molecular weight excluding hydrogens is 314 g/mol. The number of fused-ring (bicyclic) bond motifs is 1. The Bertz CT molecular complexity index is 920. The normalized spacial score (nSPS) is 15.4. The van der Waals surface area contributed by atoms with E-state index in [1.165, 1.54) is 6.20 Å². The molecule has 4 rings (SSSR count). The van der Waals surface area contributed by atoms with Crippen molar-refractivity contribution in [2.75, 3.05) is 13.1 Å². The number of para-hydroxylation sites is 2. The molecule has 0 unspecified atom stereocenters. The van der Waals surface area contributed by atoms with Gasteiger partial charge in [-0.05, 0) is 12.1 Å². The van der Waals surface area contributed by atoms with Gasteiger partial charge in [0.25, 0.3) is 5.91 Å². The van der Waals surface area contributed by atoms with Crippen molar-refractivity contribution >= 4 is 16.9 Å². The molecule has 128 valence electrons. The molecule has 1 aliphatic heterocycles. The van der Waals surface area contributed by atoms with Crippen LogP contribution in [0.1, 0.15) is 43.1 Å². The third-order valence-corrected chi connectivity index (χ3v) is 4.56. The fourth-order valence-electron chi connectivity index (χ4n) is 3.30. The number of amides is 1. The number of carbonyl (C=O) groups excluding carboxylic acids is 1. The Morgan fingerprint density at radius 2 is 1.92 bits per heavy atom. The van der Waals surface area contributed by atoms with E-state index in [1.54, 1.807) is 12.4 Å². The second kappa shape index (κ2) is 5.65. The number of benzene rings is 1. The molecule has 0 spiro atoms. The first-order valence-corrected chi connectivity index (χ1v) is 8.48. The molecular formula is C19H21N5O. The summed E-state index contributed by atoms with van der Waals surface area (Å²) in [5.74, 6) is 0.997. The number of imidazole rings is 1. The van der Waals surface area contributed by atoms with E-state index in [2.05, 4.69) is 41.4 Å². The van der Waals surface area contributed by atoms with Gasteiger partial charge in [-0.25, -0.2) is 9.97 Å². The van der Waals surface area contributed by atoms with Crippen molar-refractivity contribution in [2.45, 2.75) is 32.2 Å². The third kappa shape index (κ3) is 2.67. The molecule has 2 aromatic heterocycles. The van der Waals surface area contributed by atoms with Crippen molar-refractivity contribution < 1.29 is 4.79 Å². The van der Waals surface area contributed by atoms with Crippen LogP contribution >= 0.6 is 0 Å². The highest BCUT2D eigenvalue weighted by molar-refractivity contribution is 5.92. The minimum Gasteiger partial charge on any atom is -0.333 e. The summed E-state index contributed by atoms with van der Waals surface area (Å²) in [6.45, 7) is 7.85. The summed E-state index contributed by atoms with van der Waals surface area (Å²) in [6, 6.07) is 8.43. The number of hydrogen-bond donors (Lipinski definition) is 0. The molecule has 1 amide bonds. The summed E-state index contributed by atoms with van der Waals surface area (Å²) >= 11 is 0. The van der Waals surface area contributed by atoms with Gasteiger partial charge >= 0.3 is 0 Å². The first-order chi connectivity index (χ1) is 11.9. The van der Waals surface area contributed by atoms with Gasteiger partial charge in [0.2, 0.25) is 0 Å². The third-order valence-electron chi connectivity index (χ3n) is 4.56. The zero-order chi connectivity index (χ0) is 17.6. The van der Waals surface area contributed by atoms with Crippen LogP contribution in [0.5, 0.6) is 0 Å². The van der Waals surface area contributed by atoms with Crippen LogP contribution in [0, 0.1) is 0 Å². The van der Waals surface area contributed by atoms with Crippen LogP contribution in [0.15, 0.2) is 42.9 Å². The van der Waals surface area contributed by atoms with Crippen LogP contribution in [0.4, 0.5) is 0 Å². The number of likely N-dealkylation sites (tertiary alicyclic amines) is 1. The van der Waals surface area contributed by atoms with E-state index in [-0.39, 0.29) is 17.4 Å². The van der Waals surface area contributed by atoms with Gasteiger partial charge in [0.1, 0.15) is 11.5 Å². The van der Waals surface area contributed by atoms with E-state index < -0.39 is 0 Å². The highest BCUT2D eigenvalue weighted by atomic mass is 16.2. The minimum atomic E-state index is -0.0638. The van der Waals surface area contributed by atoms with Gasteiger partial charge in [0.05, 0.1) is 23.3 Å². The molecule has 0 saturated carbocycles. The van der Waals surface area contributed by atoms with Crippen LogP contribution in [0.3, 0.4) is 0 Å². The summed E-state index contributed by atoms with van der Waals surface area (Å²) < 4.78 is 2.30. The number of carbonyl (C=O) groups is 1. The fraction of sp³-hybridized carbons (Fsp3) is 0.368. The predicted octanol–water partition coefficient (Wildman–Crippen LogP) is 2.82. The Hall–Kier alpha value is -2.76. The Kier molecular flexibility index (Phi) is 3.56. The molecule has 0 radical (unpaired) electrons. The quantitative estimate of drug-likeness (QED) is 0.722. The van der Waals surface area contributed by atoms with Gasteiger partial charge in [0, 0.05) is 30.9 Å². The fourth-order valence-corrected chi connectivity index (χ4v) is 3.30. The number of aromatic nitrogens is 4. The first kappa shape index (κ1) is 15.7. The van der Waals surface area contributed by atoms with Crippen molar-refractivity contribution in [1.82, 2.24) is 24.4 Å². The van der Waals surface area contributed by atoms with Gasteiger partial charge in [0.15, 0.2) is 0 Å². The topological polar surface area (TPSA) is 63.9 Å². The zero-order valence-corrected chi connectivity index (χ0v) is 14.7. The lowest BCUT2D eigenvalue weighted by molar-refractivity contribution is 0.0512. The maximum absolute atomic E-state index is 12.5. The summed E-state index contributed by atoms with van der Waals surface area (Å²) in [4.78, 5) is 27.2. The lowest BCUT2D eigenvalue weighted by Crippen LogP contribution is -2.51. The molecule has 1 aromatic carbocycles. The Balaban J connectivity index is 1.63. The van der Waals surface area contributed by atoms with E-state index in [9.17, 15) is 4.79 Å². The Labute approximate surface area is 146 Å². The van der Waals surface area contributed by atoms with Gasteiger partial charge in [-0.3, -0.25) is 9.78 Å². The second-order valence-electron chi connectivity index (χ2n) is 7.50. The van der Waals surface area contributed by atoms with Gasteiger partial charge in [-0.15, -0.1) is 0 Å². The molecule has 25 heavy (non-hydrogen) atoms. The molecule has 1 fully saturated rings. The standard InChI is InChI=1S/C19H21N5O/c1-19(2,3)18-22-14-6-4-5-7-16(14)24(18)13-11-23(12-13)17(25)15-10-20-8-9-21-15/h4-10,13H,11-12H2,1-3H3. The highest BCUT2D eigenvalue weighted by Gasteiger charge is 2.37. The summed E-state index contributed by atoms with van der Waals surface area (Å²) in [5, 5.41) is 0. The molecule has 6 nitrogen and oxygen atoms in total. The molecule has 1 aliphatic rings. The largest absolute Gasteiger partial charge is 0.333 e. The summed E-state index contributed by atoms with van der Waals surface area (Å²) in [5.41, 5.74) is 2.47. The van der Waals surface area contributed by atoms with E-state index in [1.807, 2.05) is 23.1 Å². The summed E-state index contributed by atoms with van der Waals surface area (Å²) in [7, 11) is 0. The predicted molar refractivity (Wildman–Crippen MR) is 95.4 cm³/mol. The maximum Gasteiger partial charge on any atom is 0.274 e. The van der Waals surface area contributed by atoms with E-state index in [0.717, 1.165) is 16.9 Å². The molecule has 3 aromatic rings. The molecule has 1 saturated heterocycles. The van der Waals surface area contributed by atoms with Crippen LogP contribution in [-0.2, 0) is 5.41 Å².